The number of aliphatic hydroxyl groups is 2. The lowest BCUT2D eigenvalue weighted by atomic mass is 10.1. The molecule has 0 amide bonds. The van der Waals surface area contributed by atoms with E-state index in [1.54, 1.807) is 0 Å². The Balaban J connectivity index is 4.57. The molecule has 0 rings (SSSR count). The molecule has 0 spiro atoms. The molecule has 0 heterocycles. The number of rotatable bonds is 6. The third kappa shape index (κ3) is 5.07. The van der Waals surface area contributed by atoms with Crippen LogP contribution in [0.5, 0.6) is 0 Å². The maximum absolute atomic E-state index is 11.3. The van der Waals surface area contributed by atoms with Gasteiger partial charge in [0.25, 0.3) is 0 Å². The molecule has 0 aliphatic rings. The average molecular weight is 241 g/mol. The molecule has 90 valence electrons. The second-order valence-corrected chi connectivity index (χ2v) is 5.04. The molecular weight excluding hydrogens is 226 g/mol. The normalized spacial score (nSPS) is 12.5. The zero-order chi connectivity index (χ0) is 12.1. The predicted octanol–water partition coefficient (Wildman–Crippen LogP) is -2.18. The van der Waals surface area contributed by atoms with Crippen LogP contribution in [0.3, 0.4) is 0 Å². The molecule has 0 bridgehead atoms. The summed E-state index contributed by atoms with van der Waals surface area (Å²) in [5.74, 6) is -1.76. The molecular formula is C7H15NO6S. The van der Waals surface area contributed by atoms with Gasteiger partial charge in [-0.2, -0.15) is 0 Å². The summed E-state index contributed by atoms with van der Waals surface area (Å²) < 4.78 is 28.8. The van der Waals surface area contributed by atoms with Gasteiger partial charge in [0.05, 0.1) is 25.9 Å². The van der Waals surface area contributed by atoms with Gasteiger partial charge in [-0.25, -0.2) is 13.1 Å². The summed E-state index contributed by atoms with van der Waals surface area (Å²) in [6.07, 6.45) is 0. The van der Waals surface area contributed by atoms with Crippen molar-refractivity contribution in [3.8, 4) is 0 Å². The molecule has 0 aromatic heterocycles. The minimum absolute atomic E-state index is 0.579. The summed E-state index contributed by atoms with van der Waals surface area (Å²) >= 11 is 0. The van der Waals surface area contributed by atoms with Gasteiger partial charge in [0, 0.05) is 0 Å². The zero-order valence-electron chi connectivity index (χ0n) is 8.56. The molecule has 15 heavy (non-hydrogen) atoms. The quantitative estimate of drug-likeness (QED) is 0.456. The first kappa shape index (κ1) is 14.3. The van der Waals surface area contributed by atoms with Crippen LogP contribution in [0.4, 0.5) is 0 Å². The Morgan fingerprint density at radius 3 is 2.20 bits per heavy atom. The van der Waals surface area contributed by atoms with E-state index < -0.39 is 40.5 Å². The highest BCUT2D eigenvalue weighted by Gasteiger charge is 2.29. The van der Waals surface area contributed by atoms with Gasteiger partial charge >= 0.3 is 5.97 Å². The number of ether oxygens (including phenoxy) is 1. The lowest BCUT2D eigenvalue weighted by Crippen LogP contribution is -2.52. The highest BCUT2D eigenvalue weighted by Crippen LogP contribution is 2.03. The van der Waals surface area contributed by atoms with E-state index in [1.165, 1.54) is 6.92 Å². The van der Waals surface area contributed by atoms with Gasteiger partial charge in [-0.15, -0.1) is 0 Å². The Hall–Kier alpha value is -0.700. The van der Waals surface area contributed by atoms with E-state index in [1.807, 2.05) is 4.72 Å². The van der Waals surface area contributed by atoms with E-state index >= 15 is 0 Å². The maximum atomic E-state index is 11.3. The fraction of sp³-hybridized carbons (Fsp3) is 0.857. The highest BCUT2D eigenvalue weighted by molar-refractivity contribution is 7.90. The third-order valence-corrected chi connectivity index (χ3v) is 3.05. The van der Waals surface area contributed by atoms with E-state index in [-0.39, 0.29) is 0 Å². The molecule has 0 saturated heterocycles. The van der Waals surface area contributed by atoms with Crippen LogP contribution in [0.1, 0.15) is 6.92 Å². The highest BCUT2D eigenvalue weighted by atomic mass is 32.2. The second kappa shape index (κ2) is 5.40. The number of esters is 1. The zero-order valence-corrected chi connectivity index (χ0v) is 9.37. The van der Waals surface area contributed by atoms with E-state index in [2.05, 4.69) is 4.74 Å². The molecule has 0 aromatic rings. The Bertz CT molecular complexity index is 307. The summed E-state index contributed by atoms with van der Waals surface area (Å²) in [5.41, 5.74) is -1.38. The number of methoxy groups -OCH3 is 1. The van der Waals surface area contributed by atoms with Crippen LogP contribution in [0, 0.1) is 0 Å². The van der Waals surface area contributed by atoms with Crippen LogP contribution in [0.15, 0.2) is 0 Å². The number of hydrogen-bond acceptors (Lipinski definition) is 6. The molecule has 0 fully saturated rings. The van der Waals surface area contributed by atoms with Gasteiger partial charge < -0.3 is 14.9 Å². The fourth-order valence-electron chi connectivity index (χ4n) is 0.740. The summed E-state index contributed by atoms with van der Waals surface area (Å²) in [6.45, 7) is 0.148. The molecule has 0 aliphatic heterocycles. The van der Waals surface area contributed by atoms with Crippen LogP contribution in [-0.2, 0) is 19.6 Å². The number of aliphatic hydroxyl groups excluding tert-OH is 2. The molecule has 3 N–H and O–H groups in total. The van der Waals surface area contributed by atoms with E-state index in [0.717, 1.165) is 7.11 Å². The molecule has 0 aromatic carbocycles. The van der Waals surface area contributed by atoms with Crippen molar-refractivity contribution in [3.05, 3.63) is 0 Å². The Labute approximate surface area is 88.1 Å². The van der Waals surface area contributed by atoms with Crippen molar-refractivity contribution in [3.63, 3.8) is 0 Å². The first-order valence-electron chi connectivity index (χ1n) is 4.09. The summed E-state index contributed by atoms with van der Waals surface area (Å²) in [7, 11) is -2.85. The topological polar surface area (TPSA) is 113 Å². The standard InChI is InChI=1S/C7H15NO6S/c1-7(4-9,5-10)8-15(12,13)3-6(11)14-2/h8-10H,3-5H2,1-2H3. The van der Waals surface area contributed by atoms with Crippen LogP contribution in [-0.4, -0.2) is 56.2 Å². The summed E-state index contributed by atoms with van der Waals surface area (Å²) in [5, 5.41) is 17.7. The maximum Gasteiger partial charge on any atom is 0.322 e. The number of sulfonamides is 1. The van der Waals surface area contributed by atoms with Crippen molar-refractivity contribution >= 4 is 16.0 Å². The van der Waals surface area contributed by atoms with Gasteiger partial charge in [-0.05, 0) is 6.92 Å². The smallest absolute Gasteiger partial charge is 0.322 e. The predicted molar refractivity (Wildman–Crippen MR) is 51.5 cm³/mol. The largest absolute Gasteiger partial charge is 0.468 e. The van der Waals surface area contributed by atoms with Crippen LogP contribution in [0.2, 0.25) is 0 Å². The van der Waals surface area contributed by atoms with Crippen molar-refractivity contribution in [1.82, 2.24) is 4.72 Å². The SMILES string of the molecule is COC(=O)CS(=O)(=O)NC(C)(CO)CO. The molecule has 0 aliphatic carbocycles. The molecule has 0 atom stereocenters. The molecule has 8 heteroatoms. The number of carbonyl (C=O) groups excluding carboxylic acids is 1. The Kier molecular flexibility index (Phi) is 5.15. The van der Waals surface area contributed by atoms with Gasteiger partial charge in [0.2, 0.25) is 10.0 Å². The molecule has 0 radical (unpaired) electrons. The van der Waals surface area contributed by atoms with Gasteiger partial charge in [-0.1, -0.05) is 0 Å². The first-order chi connectivity index (χ1) is 6.78. The minimum Gasteiger partial charge on any atom is -0.468 e. The van der Waals surface area contributed by atoms with Crippen molar-refractivity contribution in [2.45, 2.75) is 12.5 Å². The number of hydrogen-bond donors (Lipinski definition) is 3. The van der Waals surface area contributed by atoms with Crippen LogP contribution in [0.25, 0.3) is 0 Å². The molecule has 0 unspecified atom stereocenters. The van der Waals surface area contributed by atoms with Crippen LogP contribution < -0.4 is 4.72 Å². The molecule has 7 nitrogen and oxygen atoms in total. The molecule has 0 saturated carbocycles. The van der Waals surface area contributed by atoms with E-state index in [9.17, 15) is 13.2 Å². The fourth-order valence-corrected chi connectivity index (χ4v) is 2.12. The summed E-state index contributed by atoms with van der Waals surface area (Å²) in [4.78, 5) is 10.7. The average Bonchev–Trinajstić information content (AvgIpc) is 2.16. The van der Waals surface area contributed by atoms with Crippen molar-refractivity contribution in [2.75, 3.05) is 26.1 Å². The Morgan fingerprint density at radius 1 is 1.40 bits per heavy atom. The third-order valence-electron chi connectivity index (χ3n) is 1.64. The minimum atomic E-state index is -3.92. The lowest BCUT2D eigenvalue weighted by molar-refractivity contribution is -0.137. The monoisotopic (exact) mass is 241 g/mol. The van der Waals surface area contributed by atoms with Crippen LogP contribution >= 0.6 is 0 Å². The van der Waals surface area contributed by atoms with E-state index in [4.69, 9.17) is 10.2 Å². The van der Waals surface area contributed by atoms with Gasteiger partial charge in [-0.3, -0.25) is 4.79 Å². The van der Waals surface area contributed by atoms with E-state index in [0.29, 0.717) is 0 Å². The van der Waals surface area contributed by atoms with Crippen molar-refractivity contribution in [2.24, 2.45) is 0 Å². The van der Waals surface area contributed by atoms with Gasteiger partial charge in [0.15, 0.2) is 5.75 Å². The van der Waals surface area contributed by atoms with Crippen molar-refractivity contribution in [1.29, 1.82) is 0 Å². The number of carbonyl (C=O) groups is 1. The Morgan fingerprint density at radius 2 is 1.87 bits per heavy atom. The van der Waals surface area contributed by atoms with Gasteiger partial charge in [0.1, 0.15) is 0 Å². The van der Waals surface area contributed by atoms with Crippen molar-refractivity contribution < 1.29 is 28.2 Å². The first-order valence-corrected chi connectivity index (χ1v) is 5.74. The second-order valence-electron chi connectivity index (χ2n) is 3.31. The summed E-state index contributed by atoms with van der Waals surface area (Å²) in [6, 6.07) is 0. The number of nitrogens with one attached hydrogen (secondary N) is 1. The lowest BCUT2D eigenvalue weighted by Gasteiger charge is -2.25.